The summed E-state index contributed by atoms with van der Waals surface area (Å²) in [7, 11) is 0. The van der Waals surface area contributed by atoms with Gasteiger partial charge < -0.3 is 25.0 Å². The van der Waals surface area contributed by atoms with Crippen molar-refractivity contribution in [2.45, 2.75) is 32.3 Å². The van der Waals surface area contributed by atoms with Crippen molar-refractivity contribution in [1.29, 1.82) is 0 Å². The molecule has 9 heteroatoms. The van der Waals surface area contributed by atoms with Crippen molar-refractivity contribution in [3.05, 3.63) is 65.7 Å². The summed E-state index contributed by atoms with van der Waals surface area (Å²) < 4.78 is 5.75. The van der Waals surface area contributed by atoms with Crippen molar-refractivity contribution in [3.8, 4) is 5.75 Å². The molecule has 2 aromatic rings. The van der Waals surface area contributed by atoms with E-state index in [1.165, 1.54) is 5.56 Å². The minimum Gasteiger partial charge on any atom is -0.491 e. The molecule has 3 N–H and O–H groups in total. The van der Waals surface area contributed by atoms with Gasteiger partial charge in [0.25, 0.3) is 5.91 Å². The summed E-state index contributed by atoms with van der Waals surface area (Å²) in [6.07, 6.45) is -0.561. The van der Waals surface area contributed by atoms with Crippen LogP contribution in [0.25, 0.3) is 0 Å². The molecule has 0 aliphatic carbocycles. The summed E-state index contributed by atoms with van der Waals surface area (Å²) in [6, 6.07) is 17.5. The molecule has 0 spiro atoms. The van der Waals surface area contributed by atoms with E-state index in [1.807, 2.05) is 47.4 Å². The normalized spacial score (nSPS) is 14.9. The van der Waals surface area contributed by atoms with Crippen molar-refractivity contribution in [2.75, 3.05) is 39.3 Å². The van der Waals surface area contributed by atoms with Gasteiger partial charge in [-0.25, -0.2) is 9.59 Å². The van der Waals surface area contributed by atoms with Crippen LogP contribution >= 0.6 is 0 Å². The Balaban J connectivity index is 0.000000641. The minimum atomic E-state index is -1.82. The number of amides is 1. The van der Waals surface area contributed by atoms with Crippen LogP contribution in [0.4, 0.5) is 0 Å². The molecule has 1 amide bonds. The summed E-state index contributed by atoms with van der Waals surface area (Å²) in [5, 5.41) is 25.1. The van der Waals surface area contributed by atoms with E-state index in [9.17, 15) is 9.90 Å². The molecule has 1 aliphatic rings. The van der Waals surface area contributed by atoms with Gasteiger partial charge in [-0.1, -0.05) is 51.1 Å². The van der Waals surface area contributed by atoms with Crippen LogP contribution in [0.2, 0.25) is 0 Å². The minimum absolute atomic E-state index is 0.0767. The number of carboxylic acids is 2. The van der Waals surface area contributed by atoms with Crippen molar-refractivity contribution in [3.63, 3.8) is 0 Å². The van der Waals surface area contributed by atoms with E-state index in [1.54, 1.807) is 0 Å². The van der Waals surface area contributed by atoms with Crippen molar-refractivity contribution in [2.24, 2.45) is 0 Å². The standard InChI is InChI=1S/C24H32N2O3.C2H2O4/c1-24(2,3)20-9-11-22(12-10-20)29-18-21(27)17-25-13-15-26(16-14-25)23(28)19-7-5-4-6-8-19;3-1(4)2(5)6/h4-12,21,27H,13-18H2,1-3H3;(H,3,4)(H,5,6). The number of hydrogen-bond donors (Lipinski definition) is 3. The molecule has 1 aliphatic heterocycles. The van der Waals surface area contributed by atoms with Gasteiger partial charge in [-0.3, -0.25) is 9.69 Å². The number of rotatable bonds is 6. The van der Waals surface area contributed by atoms with Crippen LogP contribution in [0.15, 0.2) is 54.6 Å². The highest BCUT2D eigenvalue weighted by molar-refractivity contribution is 6.27. The average Bonchev–Trinajstić information content (AvgIpc) is 2.83. The van der Waals surface area contributed by atoms with Crippen molar-refractivity contribution >= 4 is 17.8 Å². The molecule has 35 heavy (non-hydrogen) atoms. The number of benzene rings is 2. The van der Waals surface area contributed by atoms with Crippen LogP contribution < -0.4 is 4.74 Å². The second-order valence-corrected chi connectivity index (χ2v) is 9.31. The Bertz CT molecular complexity index is 951. The molecule has 1 unspecified atom stereocenters. The van der Waals surface area contributed by atoms with Crippen LogP contribution in [0.5, 0.6) is 5.75 Å². The van der Waals surface area contributed by atoms with E-state index in [4.69, 9.17) is 24.5 Å². The van der Waals surface area contributed by atoms with Crippen LogP contribution in [0.1, 0.15) is 36.7 Å². The van der Waals surface area contributed by atoms with Gasteiger partial charge in [-0.15, -0.1) is 0 Å². The molecule has 1 atom stereocenters. The SMILES string of the molecule is CC(C)(C)c1ccc(OCC(O)CN2CCN(C(=O)c3ccccc3)CC2)cc1.O=C(O)C(=O)O. The second kappa shape index (κ2) is 12.9. The maximum Gasteiger partial charge on any atom is 0.414 e. The fraction of sp³-hybridized carbons (Fsp3) is 0.423. The first-order chi connectivity index (χ1) is 16.5. The van der Waals surface area contributed by atoms with Gasteiger partial charge in [0, 0.05) is 38.3 Å². The Labute approximate surface area is 205 Å². The Morgan fingerprint density at radius 2 is 1.43 bits per heavy atom. The van der Waals surface area contributed by atoms with E-state index >= 15 is 0 Å². The molecule has 1 heterocycles. The molecule has 1 saturated heterocycles. The number of nitrogens with zero attached hydrogens (tertiary/aromatic N) is 2. The monoisotopic (exact) mass is 486 g/mol. The quantitative estimate of drug-likeness (QED) is 0.531. The van der Waals surface area contributed by atoms with Crippen LogP contribution in [-0.4, -0.2) is 88.4 Å². The zero-order valence-corrected chi connectivity index (χ0v) is 20.4. The molecule has 0 aromatic heterocycles. The van der Waals surface area contributed by atoms with Crippen LogP contribution in [0.3, 0.4) is 0 Å². The third-order valence-electron chi connectivity index (χ3n) is 5.49. The number of aliphatic hydroxyl groups excluding tert-OH is 1. The second-order valence-electron chi connectivity index (χ2n) is 9.31. The summed E-state index contributed by atoms with van der Waals surface area (Å²) in [4.78, 5) is 34.8. The number of β-amino-alcohol motifs (C(OH)–C–C–N with tert-alkyl or cyclic N) is 1. The van der Waals surface area contributed by atoms with Crippen molar-refractivity contribution < 1.29 is 34.4 Å². The Hall–Kier alpha value is -3.43. The maximum absolute atomic E-state index is 12.5. The highest BCUT2D eigenvalue weighted by atomic mass is 16.5. The first-order valence-corrected chi connectivity index (χ1v) is 11.4. The number of carboxylic acid groups (broad SMARTS) is 2. The molecule has 190 valence electrons. The maximum atomic E-state index is 12.5. The van der Waals surface area contributed by atoms with E-state index < -0.39 is 18.0 Å². The number of aliphatic carboxylic acids is 2. The van der Waals surface area contributed by atoms with Gasteiger partial charge in [0.1, 0.15) is 18.5 Å². The van der Waals surface area contributed by atoms with Crippen molar-refractivity contribution in [1.82, 2.24) is 9.80 Å². The molecular weight excluding hydrogens is 452 g/mol. The van der Waals surface area contributed by atoms with Gasteiger partial charge in [-0.2, -0.15) is 0 Å². The lowest BCUT2D eigenvalue weighted by Gasteiger charge is -2.35. The molecule has 9 nitrogen and oxygen atoms in total. The summed E-state index contributed by atoms with van der Waals surface area (Å²) in [6.45, 7) is 10.2. The lowest BCUT2D eigenvalue weighted by Crippen LogP contribution is -2.50. The largest absolute Gasteiger partial charge is 0.491 e. The number of carbonyl (C=O) groups is 3. The van der Waals surface area contributed by atoms with Gasteiger partial charge in [-0.05, 0) is 35.2 Å². The lowest BCUT2D eigenvalue weighted by atomic mass is 9.87. The fourth-order valence-corrected chi connectivity index (χ4v) is 3.49. The number of aliphatic hydroxyl groups is 1. The lowest BCUT2D eigenvalue weighted by molar-refractivity contribution is -0.159. The summed E-state index contributed by atoms with van der Waals surface area (Å²) in [5.41, 5.74) is 2.10. The summed E-state index contributed by atoms with van der Waals surface area (Å²) >= 11 is 0. The van der Waals surface area contributed by atoms with E-state index in [-0.39, 0.29) is 17.9 Å². The molecule has 0 bridgehead atoms. The first kappa shape index (κ1) is 27.8. The van der Waals surface area contributed by atoms with E-state index in [0.717, 1.165) is 24.4 Å². The molecular formula is C26H34N2O7. The van der Waals surface area contributed by atoms with E-state index in [0.29, 0.717) is 19.6 Å². The predicted octanol–water partition coefficient (Wildman–Crippen LogP) is 2.34. The highest BCUT2D eigenvalue weighted by Crippen LogP contribution is 2.24. The first-order valence-electron chi connectivity index (χ1n) is 11.4. The molecule has 0 saturated carbocycles. The van der Waals surface area contributed by atoms with Crippen LogP contribution in [-0.2, 0) is 15.0 Å². The number of ether oxygens (including phenoxy) is 1. The Kier molecular flexibility index (Phi) is 10.2. The summed E-state index contributed by atoms with van der Waals surface area (Å²) in [5.74, 6) is -2.80. The fourth-order valence-electron chi connectivity index (χ4n) is 3.49. The number of hydrogen-bond acceptors (Lipinski definition) is 6. The smallest absolute Gasteiger partial charge is 0.414 e. The third-order valence-corrected chi connectivity index (χ3v) is 5.49. The number of carbonyl (C=O) groups excluding carboxylic acids is 1. The molecule has 2 aromatic carbocycles. The molecule has 0 radical (unpaired) electrons. The predicted molar refractivity (Wildman–Crippen MR) is 131 cm³/mol. The average molecular weight is 487 g/mol. The van der Waals surface area contributed by atoms with E-state index in [2.05, 4.69) is 37.8 Å². The zero-order chi connectivity index (χ0) is 26.0. The van der Waals surface area contributed by atoms with Crippen LogP contribution in [0, 0.1) is 0 Å². The molecule has 1 fully saturated rings. The number of piperazine rings is 1. The highest BCUT2D eigenvalue weighted by Gasteiger charge is 2.23. The third kappa shape index (κ3) is 9.38. The molecule has 3 rings (SSSR count). The Morgan fingerprint density at radius 1 is 0.886 bits per heavy atom. The zero-order valence-electron chi connectivity index (χ0n) is 20.4. The van der Waals surface area contributed by atoms with Gasteiger partial charge >= 0.3 is 11.9 Å². The topological polar surface area (TPSA) is 128 Å². The van der Waals surface area contributed by atoms with Gasteiger partial charge in [0.15, 0.2) is 0 Å². The van der Waals surface area contributed by atoms with Gasteiger partial charge in [0.05, 0.1) is 0 Å². The van der Waals surface area contributed by atoms with Gasteiger partial charge in [0.2, 0.25) is 0 Å². The Morgan fingerprint density at radius 3 is 1.91 bits per heavy atom.